The number of hydrogen-bond donors (Lipinski definition) is 4. The minimum absolute atomic E-state index is 0.0438. The van der Waals surface area contributed by atoms with Crippen molar-refractivity contribution >= 4 is 99.7 Å². The number of rotatable bonds is 14. The zero-order chi connectivity index (χ0) is 44.0. The molecular weight excluding hydrogens is 890 g/mol. The van der Waals surface area contributed by atoms with Crippen molar-refractivity contribution in [2.45, 2.75) is 48.3 Å². The zero-order valence-corrected chi connectivity index (χ0v) is 37.5. The maximum Gasteiger partial charge on any atom is 0.407 e. The summed E-state index contributed by atoms with van der Waals surface area (Å²) in [6, 6.07) is 30.8. The second-order valence-electron chi connectivity index (χ2n) is 14.7. The van der Waals surface area contributed by atoms with E-state index in [9.17, 15) is 19.2 Å². The van der Waals surface area contributed by atoms with E-state index in [0.717, 1.165) is 11.3 Å². The highest BCUT2D eigenvalue weighted by atomic mass is 35.5. The molecule has 0 bridgehead atoms. The van der Waals surface area contributed by atoms with Crippen LogP contribution in [0.5, 0.6) is 0 Å². The number of halogens is 1. The highest BCUT2D eigenvalue weighted by molar-refractivity contribution is 8.00. The molecule has 7 rings (SSSR count). The summed E-state index contributed by atoms with van der Waals surface area (Å²) >= 11 is 14.1. The van der Waals surface area contributed by atoms with Gasteiger partial charge >= 0.3 is 12.1 Å². The van der Waals surface area contributed by atoms with Crippen LogP contribution < -0.4 is 16.4 Å². The number of thioether (sulfide) groups is 2. The summed E-state index contributed by atoms with van der Waals surface area (Å²) in [5, 5.41) is 9.41. The average molecular weight is 931 g/mol. The predicted octanol–water partition coefficient (Wildman–Crippen LogP) is 7.30. The first kappa shape index (κ1) is 44.5. The molecule has 0 radical (unpaired) electrons. The number of nitrogens with two attached hydrogens (primary N) is 1. The molecular formula is C43H40ClN7O7S4. The molecule has 1 unspecified atom stereocenters. The Morgan fingerprint density at radius 1 is 0.968 bits per heavy atom. The minimum Gasteiger partial charge on any atom is -0.444 e. The topological polar surface area (TPSA) is 187 Å². The second kappa shape index (κ2) is 19.2. The van der Waals surface area contributed by atoms with Gasteiger partial charge in [-0.05, 0) is 32.9 Å². The standard InChI is InChI=1S/C43H40ClN7O7S4/c1-42(2,3)56-41(55)47-22-23-60-29-20-13-21-46-30(29)28-24-61-38-33(37(53)51(38)34(28)39(54)57-59)48-36(52)32(31-35(44)62-40(45)49-31)50-58-43(25-14-7-4-8-15-25,26-16-9-5-10-17-26)27-18-11-6-12-19-27/h4-21,33,38,59H,22-24H2,1-3H3,(H2,45,49)(H,47,55)(H,48,52)/t33?,38-/m0/s1. The molecule has 14 nitrogen and oxygen atoms in total. The van der Waals surface area contributed by atoms with Crippen LogP contribution in [0.4, 0.5) is 9.93 Å². The number of aromatic nitrogens is 2. The maximum atomic E-state index is 14.5. The van der Waals surface area contributed by atoms with Crippen LogP contribution in [0.1, 0.15) is 48.8 Å². The van der Waals surface area contributed by atoms with Gasteiger partial charge in [-0.3, -0.25) is 19.5 Å². The number of carbonyl (C=O) groups excluding carboxylic acids is 4. The molecule has 2 aromatic heterocycles. The number of thiazole rings is 1. The number of oxime groups is 1. The quantitative estimate of drug-likeness (QED) is 0.0127. The van der Waals surface area contributed by atoms with Gasteiger partial charge in [-0.15, -0.1) is 23.5 Å². The predicted molar refractivity (Wildman–Crippen MR) is 245 cm³/mol. The Bertz CT molecular complexity index is 2420. The Kier molecular flexibility index (Phi) is 13.8. The van der Waals surface area contributed by atoms with Crippen molar-refractivity contribution in [3.63, 3.8) is 0 Å². The lowest BCUT2D eigenvalue weighted by Crippen LogP contribution is -2.71. The van der Waals surface area contributed by atoms with Crippen LogP contribution in [-0.4, -0.2) is 79.5 Å². The van der Waals surface area contributed by atoms with Crippen LogP contribution in [-0.2, 0) is 33.7 Å². The number of thiol groups is 1. The summed E-state index contributed by atoms with van der Waals surface area (Å²) in [6.45, 7) is 5.63. The number of anilines is 1. The van der Waals surface area contributed by atoms with Gasteiger partial charge in [0.05, 0.1) is 5.69 Å². The van der Waals surface area contributed by atoms with E-state index in [2.05, 4.69) is 38.7 Å². The molecule has 0 saturated carbocycles. The molecule has 320 valence electrons. The number of benzene rings is 3. The van der Waals surface area contributed by atoms with Gasteiger partial charge in [0.25, 0.3) is 11.8 Å². The van der Waals surface area contributed by atoms with Crippen LogP contribution in [0.15, 0.2) is 125 Å². The minimum atomic E-state index is -1.37. The van der Waals surface area contributed by atoms with Gasteiger partial charge in [0.1, 0.15) is 32.7 Å². The third-order valence-electron chi connectivity index (χ3n) is 9.47. The summed E-state index contributed by atoms with van der Waals surface area (Å²) in [5.74, 6) is -1.62. The van der Waals surface area contributed by atoms with E-state index in [0.29, 0.717) is 45.2 Å². The molecule has 5 aromatic rings. The Hall–Kier alpha value is -5.53. The lowest BCUT2D eigenvalue weighted by atomic mass is 9.80. The van der Waals surface area contributed by atoms with Crippen LogP contribution >= 0.6 is 59.4 Å². The lowest BCUT2D eigenvalue weighted by Gasteiger charge is -2.49. The van der Waals surface area contributed by atoms with Crippen LogP contribution in [0.25, 0.3) is 5.57 Å². The average Bonchev–Trinajstić information content (AvgIpc) is 3.61. The molecule has 0 spiro atoms. The van der Waals surface area contributed by atoms with Gasteiger partial charge in [0.2, 0.25) is 5.60 Å². The number of nitrogens with zero attached hydrogens (tertiary/aromatic N) is 4. The van der Waals surface area contributed by atoms with Crippen molar-refractivity contribution in [1.29, 1.82) is 0 Å². The number of fused-ring (bicyclic) bond motifs is 1. The number of nitrogen functional groups attached to an aromatic ring is 1. The summed E-state index contributed by atoms with van der Waals surface area (Å²) in [7, 11) is 0. The van der Waals surface area contributed by atoms with Crippen LogP contribution in [0, 0.1) is 0 Å². The van der Waals surface area contributed by atoms with E-state index < -0.39 is 46.5 Å². The van der Waals surface area contributed by atoms with Crippen LogP contribution in [0.3, 0.4) is 0 Å². The van der Waals surface area contributed by atoms with Crippen molar-refractivity contribution in [1.82, 2.24) is 25.5 Å². The normalized spacial score (nSPS) is 16.5. The zero-order valence-electron chi connectivity index (χ0n) is 33.4. The first-order valence-electron chi connectivity index (χ1n) is 19.1. The van der Waals surface area contributed by atoms with Crippen LogP contribution in [0.2, 0.25) is 4.34 Å². The molecule has 62 heavy (non-hydrogen) atoms. The summed E-state index contributed by atoms with van der Waals surface area (Å²) in [6.07, 6.45) is 1.04. The molecule has 0 aliphatic carbocycles. The third kappa shape index (κ3) is 9.44. The number of carbonyl (C=O) groups is 4. The highest BCUT2D eigenvalue weighted by Gasteiger charge is 2.55. The van der Waals surface area contributed by atoms with E-state index in [1.807, 2.05) is 97.1 Å². The van der Waals surface area contributed by atoms with Crippen molar-refractivity contribution in [3.8, 4) is 0 Å². The molecule has 4 heterocycles. The summed E-state index contributed by atoms with van der Waals surface area (Å²) in [5.41, 5.74) is 6.66. The molecule has 19 heteroatoms. The molecule has 2 aliphatic rings. The molecule has 4 N–H and O–H groups in total. The Morgan fingerprint density at radius 2 is 1.58 bits per heavy atom. The SMILES string of the molecule is CC(C)(C)OC(=O)NCCSc1cccnc1C1=C(C(=O)OS)N2C(=O)C(NC(=O)C(=NOC(c3ccccc3)(c3ccccc3)c3ccccc3)c3nc(N)sc3Cl)[C@@H]2SC1. The first-order chi connectivity index (χ1) is 29.8. The highest BCUT2D eigenvalue weighted by Crippen LogP contribution is 2.45. The number of hydrogen-bond acceptors (Lipinski definition) is 15. The fraction of sp³-hybridized carbons (Fsp3) is 0.233. The molecule has 2 aliphatic heterocycles. The number of alkyl carbamates (subject to hydrolysis) is 1. The molecule has 3 aromatic carbocycles. The number of pyridine rings is 1. The monoisotopic (exact) mass is 929 g/mol. The van der Waals surface area contributed by atoms with Gasteiger partial charge in [0, 0.05) is 64.3 Å². The number of nitrogens with one attached hydrogen (secondary N) is 2. The van der Waals surface area contributed by atoms with E-state index in [1.165, 1.54) is 28.4 Å². The molecule has 3 amide bonds. The largest absolute Gasteiger partial charge is 0.444 e. The molecule has 1 saturated heterocycles. The lowest BCUT2D eigenvalue weighted by molar-refractivity contribution is -0.148. The third-order valence-corrected chi connectivity index (χ3v) is 13.0. The maximum absolute atomic E-state index is 14.5. The smallest absolute Gasteiger partial charge is 0.407 e. The summed E-state index contributed by atoms with van der Waals surface area (Å²) < 4.78 is 10.3. The van der Waals surface area contributed by atoms with E-state index >= 15 is 0 Å². The van der Waals surface area contributed by atoms with E-state index in [4.69, 9.17) is 31.1 Å². The van der Waals surface area contributed by atoms with Crippen molar-refractivity contribution in [2.75, 3.05) is 23.8 Å². The fourth-order valence-corrected chi connectivity index (χ4v) is 10.1. The van der Waals surface area contributed by atoms with Gasteiger partial charge in [-0.25, -0.2) is 14.6 Å². The van der Waals surface area contributed by atoms with Crippen molar-refractivity contribution in [3.05, 3.63) is 147 Å². The summed E-state index contributed by atoms with van der Waals surface area (Å²) in [4.78, 5) is 71.7. The van der Waals surface area contributed by atoms with E-state index in [1.54, 1.807) is 33.0 Å². The Morgan fingerprint density at radius 3 is 2.13 bits per heavy atom. The van der Waals surface area contributed by atoms with Gasteiger partial charge < -0.3 is 30.1 Å². The van der Waals surface area contributed by atoms with E-state index in [-0.39, 0.29) is 32.3 Å². The second-order valence-corrected chi connectivity index (χ2v) is 18.7. The first-order valence-corrected chi connectivity index (χ1v) is 22.7. The Labute approximate surface area is 380 Å². The van der Waals surface area contributed by atoms with Crippen molar-refractivity contribution in [2.24, 2.45) is 5.16 Å². The Balaban J connectivity index is 1.18. The number of β-lactam (4-membered cyclic amide) rings is 1. The van der Waals surface area contributed by atoms with Gasteiger partial charge in [-0.1, -0.05) is 119 Å². The van der Waals surface area contributed by atoms with Crippen molar-refractivity contribution < 1.29 is 32.9 Å². The number of amides is 3. The fourth-order valence-electron chi connectivity index (χ4n) is 6.85. The van der Waals surface area contributed by atoms with Gasteiger partial charge in [-0.2, -0.15) is 0 Å². The molecule has 2 atom stereocenters. The van der Waals surface area contributed by atoms with Gasteiger partial charge in [0.15, 0.2) is 10.8 Å². The number of ether oxygens (including phenoxy) is 1. The molecule has 1 fully saturated rings.